The molecule has 5 nitrogen and oxygen atoms in total. The molecule has 7 heteroatoms. The van der Waals surface area contributed by atoms with Crippen molar-refractivity contribution in [2.75, 3.05) is 26.2 Å². The van der Waals surface area contributed by atoms with Gasteiger partial charge in [-0.25, -0.2) is 13.6 Å². The summed E-state index contributed by atoms with van der Waals surface area (Å²) in [7, 11) is 0. The molecule has 2 aromatic carbocycles. The van der Waals surface area contributed by atoms with Crippen LogP contribution in [-0.4, -0.2) is 53.1 Å². The molecule has 0 aliphatic carbocycles. The Balaban J connectivity index is 1.53. The largest absolute Gasteiger partial charge is 0.465 e. The van der Waals surface area contributed by atoms with Gasteiger partial charge < -0.3 is 14.9 Å². The van der Waals surface area contributed by atoms with E-state index in [0.717, 1.165) is 24.0 Å². The minimum atomic E-state index is -0.949. The number of unbranched alkanes of at least 4 members (excludes halogenated alkanes) is 1. The minimum absolute atomic E-state index is 0.000383. The molecule has 0 spiro atoms. The summed E-state index contributed by atoms with van der Waals surface area (Å²) in [5.74, 6) is -0.559. The first-order chi connectivity index (χ1) is 14.4. The Morgan fingerprint density at radius 2 is 1.27 bits per heavy atom. The van der Waals surface area contributed by atoms with Crippen LogP contribution >= 0.6 is 0 Å². The molecular weight excluding hydrogens is 390 g/mol. The van der Waals surface area contributed by atoms with Crippen molar-refractivity contribution in [3.8, 4) is 0 Å². The fraction of sp³-hybridized carbons (Fsp3) is 0.391. The zero-order valence-corrected chi connectivity index (χ0v) is 16.8. The average Bonchev–Trinajstić information content (AvgIpc) is 2.75. The number of benzene rings is 2. The highest BCUT2D eigenvalue weighted by atomic mass is 19.1. The first-order valence-corrected chi connectivity index (χ1v) is 10.2. The third-order valence-corrected chi connectivity index (χ3v) is 5.58. The van der Waals surface area contributed by atoms with Crippen LogP contribution in [-0.2, 0) is 4.79 Å². The first kappa shape index (κ1) is 21.7. The summed E-state index contributed by atoms with van der Waals surface area (Å²) >= 11 is 0. The van der Waals surface area contributed by atoms with Gasteiger partial charge in [0.15, 0.2) is 0 Å². The van der Waals surface area contributed by atoms with E-state index < -0.39 is 6.09 Å². The lowest BCUT2D eigenvalue weighted by Gasteiger charge is -2.33. The topological polar surface area (TPSA) is 60.9 Å². The van der Waals surface area contributed by atoms with Gasteiger partial charge in [0, 0.05) is 38.5 Å². The second kappa shape index (κ2) is 10.2. The Morgan fingerprint density at radius 1 is 0.800 bits per heavy atom. The Bertz CT molecular complexity index is 802. The average molecular weight is 416 g/mol. The van der Waals surface area contributed by atoms with Crippen LogP contribution in [0.1, 0.15) is 42.7 Å². The van der Waals surface area contributed by atoms with Crippen LogP contribution < -0.4 is 0 Å². The Labute approximate surface area is 174 Å². The van der Waals surface area contributed by atoms with Crippen molar-refractivity contribution >= 4 is 12.0 Å². The Kier molecular flexibility index (Phi) is 7.38. The summed E-state index contributed by atoms with van der Waals surface area (Å²) in [5, 5.41) is 8.99. The maximum atomic E-state index is 13.3. The van der Waals surface area contributed by atoms with Crippen LogP contribution in [0.5, 0.6) is 0 Å². The molecule has 0 unspecified atom stereocenters. The molecule has 160 valence electrons. The second-order valence-corrected chi connectivity index (χ2v) is 7.55. The van der Waals surface area contributed by atoms with E-state index >= 15 is 0 Å². The van der Waals surface area contributed by atoms with Crippen LogP contribution in [0, 0.1) is 11.6 Å². The van der Waals surface area contributed by atoms with Gasteiger partial charge in [-0.3, -0.25) is 4.79 Å². The summed E-state index contributed by atoms with van der Waals surface area (Å²) in [6, 6.07) is 12.7. The first-order valence-electron chi connectivity index (χ1n) is 10.2. The quantitative estimate of drug-likeness (QED) is 0.677. The molecule has 1 aliphatic rings. The Hall–Kier alpha value is -2.96. The summed E-state index contributed by atoms with van der Waals surface area (Å²) in [6.45, 7) is 1.55. The van der Waals surface area contributed by atoms with Gasteiger partial charge in [-0.2, -0.15) is 0 Å². The molecule has 1 N–H and O–H groups in total. The molecule has 2 aromatic rings. The second-order valence-electron chi connectivity index (χ2n) is 7.55. The van der Waals surface area contributed by atoms with Crippen LogP contribution in [0.4, 0.5) is 13.6 Å². The molecule has 0 bridgehead atoms. The van der Waals surface area contributed by atoms with E-state index in [1.54, 1.807) is 29.2 Å². The van der Waals surface area contributed by atoms with Gasteiger partial charge in [0.2, 0.25) is 5.91 Å². The van der Waals surface area contributed by atoms with Crippen molar-refractivity contribution in [2.24, 2.45) is 0 Å². The number of amides is 2. The Morgan fingerprint density at radius 3 is 1.73 bits per heavy atom. The van der Waals surface area contributed by atoms with Gasteiger partial charge in [-0.05, 0) is 48.2 Å². The van der Waals surface area contributed by atoms with E-state index in [1.165, 1.54) is 29.2 Å². The third kappa shape index (κ3) is 5.78. The maximum absolute atomic E-state index is 13.3. The molecule has 2 amide bonds. The number of nitrogens with zero attached hydrogens (tertiary/aromatic N) is 2. The highest BCUT2D eigenvalue weighted by Gasteiger charge is 2.23. The predicted octanol–water partition coefficient (Wildman–Crippen LogP) is 4.48. The van der Waals surface area contributed by atoms with E-state index in [9.17, 15) is 18.4 Å². The number of halogens is 2. The summed E-state index contributed by atoms with van der Waals surface area (Å²) in [4.78, 5) is 26.4. The zero-order chi connectivity index (χ0) is 21.5. The zero-order valence-electron chi connectivity index (χ0n) is 16.8. The van der Waals surface area contributed by atoms with E-state index in [-0.39, 0.29) is 23.5 Å². The van der Waals surface area contributed by atoms with Crippen molar-refractivity contribution in [1.29, 1.82) is 0 Å². The highest BCUT2D eigenvalue weighted by molar-refractivity contribution is 5.76. The summed E-state index contributed by atoms with van der Waals surface area (Å²) in [6.07, 6.45) is 1.72. The van der Waals surface area contributed by atoms with E-state index in [4.69, 9.17) is 5.11 Å². The molecule has 0 radical (unpaired) electrons. The number of piperazine rings is 1. The smallest absolute Gasteiger partial charge is 0.407 e. The number of rotatable bonds is 7. The summed E-state index contributed by atoms with van der Waals surface area (Å²) < 4.78 is 26.6. The van der Waals surface area contributed by atoms with Crippen molar-refractivity contribution in [2.45, 2.75) is 31.6 Å². The van der Waals surface area contributed by atoms with E-state index in [1.807, 2.05) is 0 Å². The molecule has 1 heterocycles. The number of carboxylic acid groups (broad SMARTS) is 1. The van der Waals surface area contributed by atoms with Crippen molar-refractivity contribution < 1.29 is 23.5 Å². The molecule has 30 heavy (non-hydrogen) atoms. The molecule has 1 aliphatic heterocycles. The molecule has 1 saturated heterocycles. The SMILES string of the molecule is O=C(O)N1CCN(C(=O)CCCCC(c2ccc(F)cc2)c2ccc(F)cc2)CC1. The predicted molar refractivity (Wildman–Crippen MR) is 109 cm³/mol. The minimum Gasteiger partial charge on any atom is -0.465 e. The number of hydrogen-bond acceptors (Lipinski definition) is 2. The van der Waals surface area contributed by atoms with Crippen LogP contribution in [0.3, 0.4) is 0 Å². The standard InChI is InChI=1S/C23H26F2N2O3/c24-19-9-5-17(6-10-19)21(18-7-11-20(25)12-8-18)3-1-2-4-22(28)26-13-15-27(16-14-26)23(29)30/h5-12,21H,1-4,13-16H2,(H,29,30). The normalized spacial score (nSPS) is 14.2. The molecule has 3 rings (SSSR count). The highest BCUT2D eigenvalue weighted by Crippen LogP contribution is 2.30. The lowest BCUT2D eigenvalue weighted by molar-refractivity contribution is -0.132. The van der Waals surface area contributed by atoms with Gasteiger partial charge in [0.05, 0.1) is 0 Å². The van der Waals surface area contributed by atoms with Gasteiger partial charge in [0.1, 0.15) is 11.6 Å². The van der Waals surface area contributed by atoms with Crippen LogP contribution in [0.25, 0.3) is 0 Å². The van der Waals surface area contributed by atoms with Crippen LogP contribution in [0.15, 0.2) is 48.5 Å². The summed E-state index contributed by atoms with van der Waals surface area (Å²) in [5.41, 5.74) is 1.92. The van der Waals surface area contributed by atoms with Gasteiger partial charge in [-0.15, -0.1) is 0 Å². The van der Waals surface area contributed by atoms with E-state index in [0.29, 0.717) is 39.0 Å². The molecule has 1 fully saturated rings. The number of carbonyl (C=O) groups is 2. The van der Waals surface area contributed by atoms with Crippen molar-refractivity contribution in [3.05, 3.63) is 71.3 Å². The van der Waals surface area contributed by atoms with Crippen molar-refractivity contribution in [3.63, 3.8) is 0 Å². The van der Waals surface area contributed by atoms with Gasteiger partial charge in [0.25, 0.3) is 0 Å². The lowest BCUT2D eigenvalue weighted by Crippen LogP contribution is -2.50. The number of carbonyl (C=O) groups excluding carboxylic acids is 1. The molecule has 0 saturated carbocycles. The van der Waals surface area contributed by atoms with Crippen LogP contribution in [0.2, 0.25) is 0 Å². The molecule has 0 aromatic heterocycles. The van der Waals surface area contributed by atoms with Gasteiger partial charge in [-0.1, -0.05) is 30.7 Å². The monoisotopic (exact) mass is 416 g/mol. The molecular formula is C23H26F2N2O3. The third-order valence-electron chi connectivity index (χ3n) is 5.58. The lowest BCUT2D eigenvalue weighted by atomic mass is 9.87. The van der Waals surface area contributed by atoms with Gasteiger partial charge >= 0.3 is 6.09 Å². The van der Waals surface area contributed by atoms with E-state index in [2.05, 4.69) is 0 Å². The fourth-order valence-corrected chi connectivity index (χ4v) is 3.85. The maximum Gasteiger partial charge on any atom is 0.407 e. The van der Waals surface area contributed by atoms with Crippen molar-refractivity contribution in [1.82, 2.24) is 9.80 Å². The fourth-order valence-electron chi connectivity index (χ4n) is 3.85. The number of hydrogen-bond donors (Lipinski definition) is 1. The molecule has 0 atom stereocenters.